The number of H-pyrrole nitrogens is 1. The number of nitrogens with one attached hydrogen (secondary N) is 1. The summed E-state index contributed by atoms with van der Waals surface area (Å²) >= 11 is 1.50. The molecule has 5 nitrogen and oxygen atoms in total. The molecule has 0 atom stereocenters. The number of hydrogen-bond donors (Lipinski definition) is 1. The van der Waals surface area contributed by atoms with Crippen LogP contribution in [-0.4, -0.2) is 27.5 Å². The summed E-state index contributed by atoms with van der Waals surface area (Å²) in [5.41, 5.74) is 6.06. The van der Waals surface area contributed by atoms with Crippen LogP contribution in [0.5, 0.6) is 5.75 Å². The van der Waals surface area contributed by atoms with Crippen molar-refractivity contribution in [3.63, 3.8) is 0 Å². The largest absolute Gasteiger partial charge is 0.496 e. The fourth-order valence-corrected chi connectivity index (χ4v) is 3.52. The molecule has 3 rings (SSSR count). The van der Waals surface area contributed by atoms with Gasteiger partial charge in [-0.05, 0) is 82.0 Å². The van der Waals surface area contributed by atoms with Crippen molar-refractivity contribution in [3.8, 4) is 11.8 Å². The van der Waals surface area contributed by atoms with Crippen LogP contribution in [0.4, 0.5) is 0 Å². The molecule has 0 radical (unpaired) electrons. The number of hydrogen-bond acceptors (Lipinski definition) is 5. The summed E-state index contributed by atoms with van der Waals surface area (Å²) in [5.74, 6) is 1.43. The van der Waals surface area contributed by atoms with Gasteiger partial charge in [0.05, 0.1) is 29.8 Å². The minimum Gasteiger partial charge on any atom is -0.496 e. The average molecular weight is 393 g/mol. The molecule has 0 bridgehead atoms. The molecule has 0 saturated heterocycles. The van der Waals surface area contributed by atoms with Gasteiger partial charge in [0.15, 0.2) is 5.82 Å². The number of aromatic amines is 1. The standard InChI is InChI=1S/C22H24N4OS/c1-13-9-14(2)19(18(10-13)27-6)20(26-28-22(3,4)5)21-24-16-8-7-15(12-23)11-17(16)25-21/h7-11H,1-6H3,(H,24,25). The van der Waals surface area contributed by atoms with Crippen molar-refractivity contribution in [2.24, 2.45) is 4.40 Å². The Morgan fingerprint density at radius 1 is 1.21 bits per heavy atom. The first-order valence-corrected chi connectivity index (χ1v) is 9.81. The Hall–Kier alpha value is -2.78. The highest BCUT2D eigenvalue weighted by atomic mass is 32.2. The van der Waals surface area contributed by atoms with Crippen LogP contribution in [0.3, 0.4) is 0 Å². The molecule has 3 aromatic rings. The summed E-state index contributed by atoms with van der Waals surface area (Å²) in [6.07, 6.45) is 0. The van der Waals surface area contributed by atoms with Crippen molar-refractivity contribution in [1.82, 2.24) is 9.97 Å². The molecular formula is C22H24N4OS. The highest BCUT2D eigenvalue weighted by molar-refractivity contribution is 7.99. The van der Waals surface area contributed by atoms with Gasteiger partial charge in [-0.3, -0.25) is 0 Å². The fourth-order valence-electron chi connectivity index (χ4n) is 2.97. The van der Waals surface area contributed by atoms with Crippen LogP contribution < -0.4 is 4.74 Å². The Balaban J connectivity index is 2.23. The second-order valence-corrected chi connectivity index (χ2v) is 9.32. The molecule has 144 valence electrons. The van der Waals surface area contributed by atoms with Crippen LogP contribution in [0, 0.1) is 25.2 Å². The van der Waals surface area contributed by atoms with Gasteiger partial charge in [-0.1, -0.05) is 6.07 Å². The van der Waals surface area contributed by atoms with Crippen LogP contribution in [0.2, 0.25) is 0 Å². The van der Waals surface area contributed by atoms with Gasteiger partial charge in [0, 0.05) is 10.3 Å². The lowest BCUT2D eigenvalue weighted by Gasteiger charge is -2.17. The molecule has 28 heavy (non-hydrogen) atoms. The van der Waals surface area contributed by atoms with Gasteiger partial charge >= 0.3 is 0 Å². The molecule has 0 spiro atoms. The maximum Gasteiger partial charge on any atom is 0.158 e. The van der Waals surface area contributed by atoms with E-state index in [1.54, 1.807) is 19.2 Å². The van der Waals surface area contributed by atoms with Gasteiger partial charge in [0.1, 0.15) is 11.5 Å². The fraction of sp³-hybridized carbons (Fsp3) is 0.318. The van der Waals surface area contributed by atoms with E-state index in [1.165, 1.54) is 11.9 Å². The predicted molar refractivity (Wildman–Crippen MR) is 116 cm³/mol. The second kappa shape index (κ2) is 7.69. The molecule has 2 aromatic carbocycles. The van der Waals surface area contributed by atoms with Gasteiger partial charge in [-0.2, -0.15) is 5.26 Å². The zero-order valence-corrected chi connectivity index (χ0v) is 17.9. The van der Waals surface area contributed by atoms with E-state index in [0.29, 0.717) is 11.4 Å². The highest BCUT2D eigenvalue weighted by Crippen LogP contribution is 2.31. The molecule has 0 aliphatic heterocycles. The lowest BCUT2D eigenvalue weighted by atomic mass is 10.00. The third-order valence-electron chi connectivity index (χ3n) is 4.15. The zero-order valence-electron chi connectivity index (χ0n) is 17.0. The van der Waals surface area contributed by atoms with Crippen molar-refractivity contribution in [2.75, 3.05) is 7.11 Å². The van der Waals surface area contributed by atoms with E-state index in [-0.39, 0.29) is 4.75 Å². The Kier molecular flexibility index (Phi) is 5.48. The van der Waals surface area contributed by atoms with E-state index in [4.69, 9.17) is 19.4 Å². The summed E-state index contributed by atoms with van der Waals surface area (Å²) in [4.78, 5) is 8.08. The number of methoxy groups -OCH3 is 1. The molecule has 0 fully saturated rings. The van der Waals surface area contributed by atoms with E-state index >= 15 is 0 Å². The molecule has 6 heteroatoms. The Labute approximate surface area is 170 Å². The second-order valence-electron chi connectivity index (χ2n) is 7.73. The lowest BCUT2D eigenvalue weighted by Crippen LogP contribution is -2.12. The van der Waals surface area contributed by atoms with Gasteiger partial charge < -0.3 is 9.72 Å². The smallest absolute Gasteiger partial charge is 0.158 e. The third kappa shape index (κ3) is 4.20. The van der Waals surface area contributed by atoms with Gasteiger partial charge in [-0.25, -0.2) is 9.38 Å². The number of nitrogens with zero attached hydrogens (tertiary/aromatic N) is 3. The number of imidazole rings is 1. The van der Waals surface area contributed by atoms with Crippen molar-refractivity contribution in [2.45, 2.75) is 39.4 Å². The van der Waals surface area contributed by atoms with E-state index in [0.717, 1.165) is 39.2 Å². The maximum absolute atomic E-state index is 9.17. The Morgan fingerprint density at radius 2 is 1.96 bits per heavy atom. The van der Waals surface area contributed by atoms with Crippen molar-refractivity contribution in [3.05, 3.63) is 58.4 Å². The van der Waals surface area contributed by atoms with Gasteiger partial charge in [0.2, 0.25) is 0 Å². The van der Waals surface area contributed by atoms with Crippen LogP contribution in [0.25, 0.3) is 11.0 Å². The summed E-state index contributed by atoms with van der Waals surface area (Å²) in [7, 11) is 1.67. The van der Waals surface area contributed by atoms with Crippen LogP contribution >= 0.6 is 11.9 Å². The summed E-state index contributed by atoms with van der Waals surface area (Å²) in [5, 5.41) is 9.17. The lowest BCUT2D eigenvalue weighted by molar-refractivity contribution is 0.413. The van der Waals surface area contributed by atoms with Crippen LogP contribution in [0.1, 0.15) is 48.8 Å². The minimum atomic E-state index is -0.0446. The number of aromatic nitrogens is 2. The molecule has 1 heterocycles. The SMILES string of the molecule is COc1cc(C)cc(C)c1C(=NSC(C)(C)C)c1nc2ccc(C#N)cc2[nH]1. The van der Waals surface area contributed by atoms with Crippen molar-refractivity contribution in [1.29, 1.82) is 5.26 Å². The van der Waals surface area contributed by atoms with E-state index < -0.39 is 0 Å². The van der Waals surface area contributed by atoms with Crippen LogP contribution in [0.15, 0.2) is 34.7 Å². The predicted octanol–water partition coefficient (Wildman–Crippen LogP) is 5.34. The molecule has 0 saturated carbocycles. The monoisotopic (exact) mass is 392 g/mol. The summed E-state index contributed by atoms with van der Waals surface area (Å²) in [6.45, 7) is 10.5. The third-order valence-corrected chi connectivity index (χ3v) is 4.97. The quantitative estimate of drug-likeness (QED) is 0.480. The molecule has 0 aliphatic carbocycles. The number of nitriles is 1. The normalized spacial score (nSPS) is 12.2. The molecule has 0 amide bonds. The first kappa shape index (κ1) is 20.0. The highest BCUT2D eigenvalue weighted by Gasteiger charge is 2.21. The van der Waals surface area contributed by atoms with Crippen LogP contribution in [-0.2, 0) is 0 Å². The van der Waals surface area contributed by atoms with E-state index in [1.807, 2.05) is 19.1 Å². The Bertz CT molecular complexity index is 1100. The number of rotatable bonds is 4. The van der Waals surface area contributed by atoms with E-state index in [2.05, 4.69) is 44.8 Å². The van der Waals surface area contributed by atoms with Gasteiger partial charge in [0.25, 0.3) is 0 Å². The average Bonchev–Trinajstić information content (AvgIpc) is 3.04. The molecule has 1 N–H and O–H groups in total. The Morgan fingerprint density at radius 3 is 2.61 bits per heavy atom. The number of fused-ring (bicyclic) bond motifs is 1. The first-order valence-electron chi connectivity index (χ1n) is 9.04. The maximum atomic E-state index is 9.17. The minimum absolute atomic E-state index is 0.0446. The van der Waals surface area contributed by atoms with Crippen molar-refractivity contribution >= 4 is 28.7 Å². The van der Waals surface area contributed by atoms with E-state index in [9.17, 15) is 0 Å². The molecule has 0 unspecified atom stereocenters. The summed E-state index contributed by atoms with van der Waals surface area (Å²) in [6, 6.07) is 11.7. The molecule has 1 aromatic heterocycles. The summed E-state index contributed by atoms with van der Waals surface area (Å²) < 4.78 is 10.5. The topological polar surface area (TPSA) is 74.1 Å². The van der Waals surface area contributed by atoms with Gasteiger partial charge in [-0.15, -0.1) is 0 Å². The zero-order chi connectivity index (χ0) is 20.5. The number of benzene rings is 2. The molecule has 0 aliphatic rings. The molecular weight excluding hydrogens is 368 g/mol. The number of ether oxygens (including phenoxy) is 1. The number of aryl methyl sites for hydroxylation is 2. The van der Waals surface area contributed by atoms with Crippen molar-refractivity contribution < 1.29 is 4.74 Å². The first-order chi connectivity index (χ1) is 13.2.